The van der Waals surface area contributed by atoms with Crippen molar-refractivity contribution >= 4 is 11.6 Å². The third-order valence-corrected chi connectivity index (χ3v) is 2.63. The van der Waals surface area contributed by atoms with Gasteiger partial charge in [-0.1, -0.05) is 0 Å². The van der Waals surface area contributed by atoms with E-state index in [2.05, 4.69) is 15.6 Å². The summed E-state index contributed by atoms with van der Waals surface area (Å²) in [7, 11) is 0. The second kappa shape index (κ2) is 4.96. The van der Waals surface area contributed by atoms with E-state index in [1.807, 2.05) is 19.2 Å². The molecule has 0 unspecified atom stereocenters. The zero-order valence-corrected chi connectivity index (χ0v) is 9.49. The van der Waals surface area contributed by atoms with Crippen LogP contribution in [0.2, 0.25) is 0 Å². The van der Waals surface area contributed by atoms with E-state index in [1.54, 1.807) is 6.20 Å². The maximum Gasteiger partial charge on any atom is 0.221 e. The van der Waals surface area contributed by atoms with Gasteiger partial charge in [-0.25, -0.2) is 0 Å². The molecule has 0 saturated heterocycles. The van der Waals surface area contributed by atoms with Gasteiger partial charge in [0, 0.05) is 37.1 Å². The Bertz CT molecular complexity index is 374. The van der Waals surface area contributed by atoms with Crippen molar-refractivity contribution in [3.8, 4) is 0 Å². The standard InChI is InChI=1S/C12H17N3O/c1-9-8-13-6-4-11(9)14-7-5-12(16)15-10-2-3-10/h4,6,8,10H,2-3,5,7H2,1H3,(H,13,14)(H,15,16). The fourth-order valence-corrected chi connectivity index (χ4v) is 1.51. The minimum absolute atomic E-state index is 0.140. The van der Waals surface area contributed by atoms with Crippen LogP contribution in [0.4, 0.5) is 5.69 Å². The average Bonchev–Trinajstić information content (AvgIpc) is 3.05. The number of hydrogen-bond acceptors (Lipinski definition) is 3. The summed E-state index contributed by atoms with van der Waals surface area (Å²) in [5.74, 6) is 0.140. The van der Waals surface area contributed by atoms with Crippen LogP contribution in [0.25, 0.3) is 0 Å². The fraction of sp³-hybridized carbons (Fsp3) is 0.500. The molecule has 4 nitrogen and oxygen atoms in total. The lowest BCUT2D eigenvalue weighted by atomic mass is 10.2. The Morgan fingerprint density at radius 2 is 2.38 bits per heavy atom. The molecule has 4 heteroatoms. The first-order chi connectivity index (χ1) is 7.75. The molecule has 1 heterocycles. The largest absolute Gasteiger partial charge is 0.384 e. The van der Waals surface area contributed by atoms with Crippen LogP contribution in [0.15, 0.2) is 18.5 Å². The molecule has 0 spiro atoms. The smallest absolute Gasteiger partial charge is 0.221 e. The number of amides is 1. The number of carbonyl (C=O) groups excluding carboxylic acids is 1. The van der Waals surface area contributed by atoms with Crippen molar-refractivity contribution in [2.75, 3.05) is 11.9 Å². The number of anilines is 1. The van der Waals surface area contributed by atoms with Crippen LogP contribution in [0.1, 0.15) is 24.8 Å². The SMILES string of the molecule is Cc1cnccc1NCCC(=O)NC1CC1. The van der Waals surface area contributed by atoms with Crippen molar-refractivity contribution in [2.45, 2.75) is 32.2 Å². The molecule has 2 N–H and O–H groups in total. The summed E-state index contributed by atoms with van der Waals surface area (Å²) in [6, 6.07) is 2.38. The molecule has 1 aromatic heterocycles. The second-order valence-corrected chi connectivity index (χ2v) is 4.21. The van der Waals surface area contributed by atoms with E-state index >= 15 is 0 Å². The lowest BCUT2D eigenvalue weighted by molar-refractivity contribution is -0.120. The molecule has 1 fully saturated rings. The van der Waals surface area contributed by atoms with Crippen LogP contribution in [0.3, 0.4) is 0 Å². The molecular formula is C12H17N3O. The molecule has 0 atom stereocenters. The van der Waals surface area contributed by atoms with Gasteiger partial charge in [0.1, 0.15) is 0 Å². The molecule has 1 aliphatic rings. The molecule has 86 valence electrons. The Morgan fingerprint density at radius 3 is 3.06 bits per heavy atom. The van der Waals surface area contributed by atoms with Crippen LogP contribution >= 0.6 is 0 Å². The highest BCUT2D eigenvalue weighted by atomic mass is 16.1. The summed E-state index contributed by atoms with van der Waals surface area (Å²) >= 11 is 0. The first kappa shape index (κ1) is 10.9. The second-order valence-electron chi connectivity index (χ2n) is 4.21. The average molecular weight is 219 g/mol. The van der Waals surface area contributed by atoms with E-state index in [0.29, 0.717) is 19.0 Å². The van der Waals surface area contributed by atoms with Gasteiger partial charge in [0.2, 0.25) is 5.91 Å². The number of nitrogens with one attached hydrogen (secondary N) is 2. The highest BCUT2D eigenvalue weighted by Crippen LogP contribution is 2.18. The number of carbonyl (C=O) groups is 1. The minimum Gasteiger partial charge on any atom is -0.384 e. The maximum atomic E-state index is 11.4. The Kier molecular flexibility index (Phi) is 3.39. The Morgan fingerprint density at radius 1 is 1.56 bits per heavy atom. The van der Waals surface area contributed by atoms with E-state index in [-0.39, 0.29) is 5.91 Å². The number of aromatic nitrogens is 1. The van der Waals surface area contributed by atoms with Gasteiger partial charge in [-0.05, 0) is 31.4 Å². The van der Waals surface area contributed by atoms with Gasteiger partial charge in [-0.15, -0.1) is 0 Å². The van der Waals surface area contributed by atoms with Crippen LogP contribution in [-0.2, 0) is 4.79 Å². The summed E-state index contributed by atoms with van der Waals surface area (Å²) in [4.78, 5) is 15.4. The minimum atomic E-state index is 0.140. The van der Waals surface area contributed by atoms with E-state index in [4.69, 9.17) is 0 Å². The number of pyridine rings is 1. The molecule has 1 aliphatic carbocycles. The molecule has 16 heavy (non-hydrogen) atoms. The van der Waals surface area contributed by atoms with Crippen molar-refractivity contribution < 1.29 is 4.79 Å². The normalized spacial score (nSPS) is 14.6. The van der Waals surface area contributed by atoms with Crippen molar-refractivity contribution in [3.63, 3.8) is 0 Å². The highest BCUT2D eigenvalue weighted by molar-refractivity contribution is 5.77. The number of rotatable bonds is 5. The summed E-state index contributed by atoms with van der Waals surface area (Å²) < 4.78 is 0. The molecule has 1 aromatic rings. The summed E-state index contributed by atoms with van der Waals surface area (Å²) in [5.41, 5.74) is 2.15. The molecule has 1 amide bonds. The maximum absolute atomic E-state index is 11.4. The van der Waals surface area contributed by atoms with Crippen molar-refractivity contribution in [3.05, 3.63) is 24.0 Å². The predicted octanol–water partition coefficient (Wildman–Crippen LogP) is 1.47. The Balaban J connectivity index is 1.70. The van der Waals surface area contributed by atoms with Gasteiger partial charge in [-0.2, -0.15) is 0 Å². The first-order valence-electron chi connectivity index (χ1n) is 5.69. The van der Waals surface area contributed by atoms with Gasteiger partial charge in [-0.3, -0.25) is 9.78 Å². The molecule has 0 bridgehead atoms. The van der Waals surface area contributed by atoms with E-state index < -0.39 is 0 Å². The highest BCUT2D eigenvalue weighted by Gasteiger charge is 2.22. The van der Waals surface area contributed by atoms with Gasteiger partial charge in [0.25, 0.3) is 0 Å². The zero-order chi connectivity index (χ0) is 11.4. The lowest BCUT2D eigenvalue weighted by Crippen LogP contribution is -2.27. The fourth-order valence-electron chi connectivity index (χ4n) is 1.51. The third-order valence-electron chi connectivity index (χ3n) is 2.63. The van der Waals surface area contributed by atoms with Crippen LogP contribution in [0, 0.1) is 6.92 Å². The lowest BCUT2D eigenvalue weighted by Gasteiger charge is -2.08. The van der Waals surface area contributed by atoms with E-state index in [1.165, 1.54) is 0 Å². The Labute approximate surface area is 95.5 Å². The molecule has 1 saturated carbocycles. The van der Waals surface area contributed by atoms with Gasteiger partial charge in [0.05, 0.1) is 0 Å². The number of nitrogens with zero attached hydrogens (tertiary/aromatic N) is 1. The number of aryl methyl sites for hydroxylation is 1. The monoisotopic (exact) mass is 219 g/mol. The quantitative estimate of drug-likeness (QED) is 0.788. The van der Waals surface area contributed by atoms with E-state index in [9.17, 15) is 4.79 Å². The van der Waals surface area contributed by atoms with Crippen LogP contribution < -0.4 is 10.6 Å². The Hall–Kier alpha value is -1.58. The summed E-state index contributed by atoms with van der Waals surface area (Å²) in [5, 5.41) is 6.20. The van der Waals surface area contributed by atoms with Crippen LogP contribution in [0.5, 0.6) is 0 Å². The molecule has 0 aliphatic heterocycles. The van der Waals surface area contributed by atoms with Crippen molar-refractivity contribution in [1.29, 1.82) is 0 Å². The summed E-state index contributed by atoms with van der Waals surface area (Å²) in [6.07, 6.45) is 6.37. The predicted molar refractivity (Wildman–Crippen MR) is 63.2 cm³/mol. The molecule has 0 aromatic carbocycles. The van der Waals surface area contributed by atoms with Crippen molar-refractivity contribution in [1.82, 2.24) is 10.3 Å². The molecule has 2 rings (SSSR count). The summed E-state index contributed by atoms with van der Waals surface area (Å²) in [6.45, 7) is 2.67. The third kappa shape index (κ3) is 3.22. The van der Waals surface area contributed by atoms with E-state index in [0.717, 1.165) is 24.1 Å². The van der Waals surface area contributed by atoms with Crippen molar-refractivity contribution in [2.24, 2.45) is 0 Å². The van der Waals surface area contributed by atoms with Gasteiger partial charge >= 0.3 is 0 Å². The van der Waals surface area contributed by atoms with Gasteiger partial charge < -0.3 is 10.6 Å². The molecule has 0 radical (unpaired) electrons. The first-order valence-corrected chi connectivity index (χ1v) is 5.69. The van der Waals surface area contributed by atoms with Crippen LogP contribution in [-0.4, -0.2) is 23.5 Å². The molecular weight excluding hydrogens is 202 g/mol. The number of hydrogen-bond donors (Lipinski definition) is 2. The van der Waals surface area contributed by atoms with Gasteiger partial charge in [0.15, 0.2) is 0 Å². The zero-order valence-electron chi connectivity index (χ0n) is 9.49. The topological polar surface area (TPSA) is 54.0 Å².